The zero-order valence-corrected chi connectivity index (χ0v) is 29.9. The number of fused-ring (bicyclic) bond motifs is 2. The van der Waals surface area contributed by atoms with Gasteiger partial charge in [0.25, 0.3) is 0 Å². The second-order valence-corrected chi connectivity index (χ2v) is 10.8. The van der Waals surface area contributed by atoms with Crippen molar-refractivity contribution in [3.8, 4) is 22.6 Å². The third-order valence-corrected chi connectivity index (χ3v) is 8.19. The standard InChI is InChI=1S/C41H40N4O2.C2H6/c1-8-12-13-32(36-26-43-22-23-45-36)28-15-19-34-30(25-28)17-21-38(47-7)40(34)39-33-18-14-27(24-29(33)16-20-37(39)46-6)31(9-2)41(44-11-4)35(10-3)42-5;1-2/h8,10-26H,5,9H2,1-4,6-7H3;1-2H3/b12-8-,32-13-,35-10+,41-31-,44-11?;. The van der Waals surface area contributed by atoms with Crippen LogP contribution in [0.1, 0.15) is 64.8 Å². The predicted molar refractivity (Wildman–Crippen MR) is 210 cm³/mol. The molecule has 4 aromatic carbocycles. The van der Waals surface area contributed by atoms with E-state index in [0.717, 1.165) is 90.0 Å². The van der Waals surface area contributed by atoms with Gasteiger partial charge in [-0.05, 0) is 96.4 Å². The number of nitrogens with zero attached hydrogens (tertiary/aromatic N) is 4. The summed E-state index contributed by atoms with van der Waals surface area (Å²) >= 11 is 0. The van der Waals surface area contributed by atoms with Crippen LogP contribution >= 0.6 is 0 Å². The fraction of sp³-hybridized carbons (Fsp3) is 0.209. The summed E-state index contributed by atoms with van der Waals surface area (Å²) < 4.78 is 12.0. The zero-order valence-electron chi connectivity index (χ0n) is 29.9. The van der Waals surface area contributed by atoms with E-state index < -0.39 is 0 Å². The van der Waals surface area contributed by atoms with Crippen LogP contribution in [-0.4, -0.2) is 37.1 Å². The van der Waals surface area contributed by atoms with Crippen molar-refractivity contribution in [1.29, 1.82) is 0 Å². The largest absolute Gasteiger partial charge is 0.496 e. The lowest BCUT2D eigenvalue weighted by molar-refractivity contribution is 0.411. The van der Waals surface area contributed by atoms with Gasteiger partial charge in [-0.3, -0.25) is 20.0 Å². The molecule has 5 aromatic rings. The Balaban J connectivity index is 0.00000265. The van der Waals surface area contributed by atoms with Crippen LogP contribution in [0.2, 0.25) is 0 Å². The van der Waals surface area contributed by atoms with Crippen LogP contribution in [0, 0.1) is 0 Å². The van der Waals surface area contributed by atoms with E-state index in [0.29, 0.717) is 0 Å². The first-order valence-corrected chi connectivity index (χ1v) is 16.7. The zero-order chi connectivity index (χ0) is 35.3. The minimum Gasteiger partial charge on any atom is -0.496 e. The van der Waals surface area contributed by atoms with Crippen molar-refractivity contribution in [1.82, 2.24) is 9.97 Å². The highest BCUT2D eigenvalue weighted by Crippen LogP contribution is 2.46. The van der Waals surface area contributed by atoms with Gasteiger partial charge in [0.05, 0.1) is 37.5 Å². The molecule has 0 aliphatic heterocycles. The average Bonchev–Trinajstić information content (AvgIpc) is 3.16. The van der Waals surface area contributed by atoms with Crippen molar-refractivity contribution in [2.75, 3.05) is 14.2 Å². The van der Waals surface area contributed by atoms with Crippen LogP contribution in [0.25, 0.3) is 43.8 Å². The molecule has 0 saturated heterocycles. The smallest absolute Gasteiger partial charge is 0.127 e. The number of ether oxygens (including phenoxy) is 2. The summed E-state index contributed by atoms with van der Waals surface area (Å²) in [6, 6.07) is 21.3. The van der Waals surface area contributed by atoms with Gasteiger partial charge in [0.15, 0.2) is 0 Å². The van der Waals surface area contributed by atoms with Crippen LogP contribution in [-0.2, 0) is 0 Å². The first-order valence-electron chi connectivity index (χ1n) is 16.7. The Morgan fingerprint density at radius 1 is 0.816 bits per heavy atom. The lowest BCUT2D eigenvalue weighted by Gasteiger charge is -2.19. The Morgan fingerprint density at radius 3 is 1.92 bits per heavy atom. The number of rotatable bonds is 11. The molecule has 0 bridgehead atoms. The summed E-state index contributed by atoms with van der Waals surface area (Å²) in [6.45, 7) is 15.8. The Hall–Kier alpha value is -5.62. The van der Waals surface area contributed by atoms with E-state index >= 15 is 0 Å². The number of hydrogen-bond donors (Lipinski definition) is 0. The minimum absolute atomic E-state index is 0.762. The van der Waals surface area contributed by atoms with Crippen molar-refractivity contribution in [2.24, 2.45) is 9.98 Å². The van der Waals surface area contributed by atoms with Gasteiger partial charge in [-0.2, -0.15) is 0 Å². The van der Waals surface area contributed by atoms with Crippen LogP contribution in [0.5, 0.6) is 11.5 Å². The van der Waals surface area contributed by atoms with Gasteiger partial charge in [0.2, 0.25) is 0 Å². The van der Waals surface area contributed by atoms with Gasteiger partial charge < -0.3 is 9.47 Å². The van der Waals surface area contributed by atoms with E-state index in [1.54, 1.807) is 39.0 Å². The highest BCUT2D eigenvalue weighted by atomic mass is 16.5. The average molecular weight is 651 g/mol. The lowest BCUT2D eigenvalue weighted by atomic mass is 9.89. The van der Waals surface area contributed by atoms with E-state index in [-0.39, 0.29) is 0 Å². The summed E-state index contributed by atoms with van der Waals surface area (Å²) in [6.07, 6.45) is 15.8. The highest BCUT2D eigenvalue weighted by molar-refractivity contribution is 6.10. The van der Waals surface area contributed by atoms with E-state index in [1.807, 2.05) is 65.0 Å². The summed E-state index contributed by atoms with van der Waals surface area (Å²) in [5.41, 5.74) is 8.56. The van der Waals surface area contributed by atoms with Crippen molar-refractivity contribution in [2.45, 2.75) is 48.0 Å². The number of benzene rings is 4. The Labute approximate surface area is 291 Å². The molecule has 1 heterocycles. The second-order valence-electron chi connectivity index (χ2n) is 10.8. The molecule has 0 aliphatic rings. The molecule has 1 aromatic heterocycles. The second kappa shape index (κ2) is 17.5. The maximum atomic E-state index is 6.01. The Morgan fingerprint density at radius 2 is 1.43 bits per heavy atom. The molecular weight excluding hydrogens is 604 g/mol. The molecule has 0 atom stereocenters. The van der Waals surface area contributed by atoms with E-state index in [4.69, 9.17) is 14.5 Å². The molecule has 0 unspecified atom stereocenters. The normalized spacial score (nSPS) is 12.7. The van der Waals surface area contributed by atoms with Gasteiger partial charge in [-0.15, -0.1) is 0 Å². The van der Waals surface area contributed by atoms with Crippen LogP contribution in [0.15, 0.2) is 125 Å². The first-order chi connectivity index (χ1) is 24.0. The third kappa shape index (κ3) is 7.60. The highest BCUT2D eigenvalue weighted by Gasteiger charge is 2.20. The van der Waals surface area contributed by atoms with Crippen molar-refractivity contribution < 1.29 is 9.47 Å². The van der Waals surface area contributed by atoms with E-state index in [9.17, 15) is 0 Å². The SMILES string of the molecule is C=NC(=C/C)/C(N=CC)=C(\CC)c1ccc2c(-c3c(OC)ccc4cc(/C(=C/C=C\C)c5cnccn5)ccc34)c(OC)ccc2c1.CC. The summed E-state index contributed by atoms with van der Waals surface area (Å²) in [4.78, 5) is 17.8. The molecule has 0 amide bonds. The van der Waals surface area contributed by atoms with Gasteiger partial charge in [0.1, 0.15) is 11.5 Å². The molecule has 0 fully saturated rings. The number of aromatic nitrogens is 2. The van der Waals surface area contributed by atoms with Crippen LogP contribution in [0.3, 0.4) is 0 Å². The van der Waals surface area contributed by atoms with Gasteiger partial charge >= 0.3 is 0 Å². The number of allylic oxidation sites excluding steroid dienone is 5. The topological polar surface area (TPSA) is 69.0 Å². The molecule has 0 aliphatic carbocycles. The van der Waals surface area contributed by atoms with Crippen LogP contribution in [0.4, 0.5) is 0 Å². The molecule has 0 spiro atoms. The maximum absolute atomic E-state index is 6.01. The number of hydrogen-bond acceptors (Lipinski definition) is 6. The van der Waals surface area contributed by atoms with Crippen molar-refractivity contribution in [3.63, 3.8) is 0 Å². The van der Waals surface area contributed by atoms with Crippen molar-refractivity contribution in [3.05, 3.63) is 132 Å². The number of aliphatic imine (C=N–C) groups is 2. The first kappa shape index (κ1) is 36.2. The number of methoxy groups -OCH3 is 2. The molecule has 6 nitrogen and oxygen atoms in total. The molecule has 6 heteroatoms. The molecule has 0 N–H and O–H groups in total. The minimum atomic E-state index is 0.762. The maximum Gasteiger partial charge on any atom is 0.127 e. The Bertz CT molecular complexity index is 2090. The summed E-state index contributed by atoms with van der Waals surface area (Å²) in [7, 11) is 3.42. The van der Waals surface area contributed by atoms with Gasteiger partial charge in [-0.25, -0.2) is 0 Å². The summed E-state index contributed by atoms with van der Waals surface area (Å²) in [5, 5.41) is 4.25. The quantitative estimate of drug-likeness (QED) is 0.105. The van der Waals surface area contributed by atoms with Gasteiger partial charge in [-0.1, -0.05) is 81.5 Å². The summed E-state index contributed by atoms with van der Waals surface area (Å²) in [5.74, 6) is 1.53. The molecular formula is C43H46N4O2. The van der Waals surface area contributed by atoms with Crippen molar-refractivity contribution >= 4 is 45.6 Å². The van der Waals surface area contributed by atoms with Crippen LogP contribution < -0.4 is 9.47 Å². The monoisotopic (exact) mass is 650 g/mol. The molecule has 49 heavy (non-hydrogen) atoms. The molecule has 5 rings (SSSR count). The van der Waals surface area contributed by atoms with Gasteiger partial charge in [0, 0.05) is 35.3 Å². The molecule has 0 radical (unpaired) electrons. The molecule has 0 saturated carbocycles. The predicted octanol–water partition coefficient (Wildman–Crippen LogP) is 11.3. The molecule has 250 valence electrons. The third-order valence-electron chi connectivity index (χ3n) is 8.19. The Kier molecular flexibility index (Phi) is 12.9. The van der Waals surface area contributed by atoms with E-state index in [1.165, 1.54) is 0 Å². The van der Waals surface area contributed by atoms with E-state index in [2.05, 4.69) is 83.2 Å². The fourth-order valence-corrected chi connectivity index (χ4v) is 6.03. The fourth-order valence-electron chi connectivity index (χ4n) is 6.03. The lowest BCUT2D eigenvalue weighted by Crippen LogP contribution is -1.97.